The van der Waals surface area contributed by atoms with Gasteiger partial charge in [0, 0.05) is 0 Å². The molecular weight excluding hydrogens is 787 g/mol. The van der Waals surface area contributed by atoms with Gasteiger partial charge >= 0.3 is 26.2 Å². The van der Waals surface area contributed by atoms with Crippen LogP contribution in [-0.4, -0.2) is 0 Å². The predicted molar refractivity (Wildman–Crippen MR) is 230 cm³/mol. The normalized spacial score (nSPS) is 34.1. The third-order valence-corrected chi connectivity index (χ3v) is 16.0. The van der Waals surface area contributed by atoms with Gasteiger partial charge in [-0.3, -0.25) is 0 Å². The Balaban J connectivity index is 0.00000121. The Hall–Kier alpha value is 0.163. The van der Waals surface area contributed by atoms with Crippen molar-refractivity contribution < 1.29 is 51.0 Å². The summed E-state index contributed by atoms with van der Waals surface area (Å²) < 4.78 is 0. The van der Waals surface area contributed by atoms with Crippen molar-refractivity contribution >= 4 is 0 Å². The fourth-order valence-electron chi connectivity index (χ4n) is 13.2. The van der Waals surface area contributed by atoms with Crippen LogP contribution in [0.3, 0.4) is 0 Å². The molecule has 0 nitrogen and oxygen atoms in total. The van der Waals surface area contributed by atoms with E-state index >= 15 is 0 Å². The summed E-state index contributed by atoms with van der Waals surface area (Å²) in [5.74, 6) is 12.9. The smallest absolute Gasteiger partial charge is 1.00 e. The van der Waals surface area contributed by atoms with Crippen molar-refractivity contribution in [3.8, 4) is 0 Å². The number of hydrogen-bond acceptors (Lipinski definition) is 0. The minimum absolute atomic E-state index is 0. The van der Waals surface area contributed by atoms with Crippen LogP contribution >= 0.6 is 0 Å². The molecule has 0 bridgehead atoms. The van der Waals surface area contributed by atoms with Crippen LogP contribution in [0.15, 0.2) is 30.3 Å². The topological polar surface area (TPSA) is 0 Å². The second-order valence-electron chi connectivity index (χ2n) is 21.2. The van der Waals surface area contributed by atoms with Crippen LogP contribution in [0.5, 0.6) is 0 Å². The van der Waals surface area contributed by atoms with Crippen LogP contribution in [0.25, 0.3) is 0 Å². The molecule has 0 saturated heterocycles. The van der Waals surface area contributed by atoms with E-state index < -0.39 is 0 Å². The maximum absolute atomic E-state index is 2.62. The Morgan fingerprint density at radius 1 is 0.527 bits per heavy atom. The van der Waals surface area contributed by atoms with Gasteiger partial charge in [-0.15, -0.1) is 5.56 Å². The molecule has 0 aliphatic heterocycles. The summed E-state index contributed by atoms with van der Waals surface area (Å²) >= 11 is 0. The van der Waals surface area contributed by atoms with E-state index in [-0.39, 0.29) is 51.0 Å². The van der Waals surface area contributed by atoms with E-state index in [0.29, 0.717) is 0 Å². The van der Waals surface area contributed by atoms with Gasteiger partial charge in [0.1, 0.15) is 0 Å². The van der Waals surface area contributed by atoms with Crippen LogP contribution in [0.4, 0.5) is 0 Å². The Kier molecular flexibility index (Phi) is 21.7. The molecule has 0 amide bonds. The van der Waals surface area contributed by atoms with Gasteiger partial charge in [-0.2, -0.15) is 40.5 Å². The fourth-order valence-corrected chi connectivity index (χ4v) is 13.2. The Morgan fingerprint density at radius 2 is 0.891 bits per heavy atom. The van der Waals surface area contributed by atoms with E-state index in [0.717, 1.165) is 94.7 Å². The summed E-state index contributed by atoms with van der Waals surface area (Å²) in [5.41, 5.74) is 9.96. The molecule has 4 aliphatic rings. The largest absolute Gasteiger partial charge is 4.00 e. The molecular formula is C52H86Cl2Zr. The summed E-state index contributed by atoms with van der Waals surface area (Å²) in [6.07, 6.45) is 18.6. The summed E-state index contributed by atoms with van der Waals surface area (Å²) in [4.78, 5) is 0. The van der Waals surface area contributed by atoms with Crippen LogP contribution < -0.4 is 24.8 Å². The zero-order chi connectivity index (χ0) is 37.9. The van der Waals surface area contributed by atoms with E-state index in [2.05, 4.69) is 90.0 Å². The molecule has 12 atom stereocenters. The van der Waals surface area contributed by atoms with Crippen molar-refractivity contribution in [1.82, 2.24) is 0 Å². The molecule has 2 aromatic rings. The molecule has 4 fully saturated rings. The number of rotatable bonds is 9. The Morgan fingerprint density at radius 3 is 1.27 bits per heavy atom. The average molecular weight is 873 g/mol. The van der Waals surface area contributed by atoms with Crippen molar-refractivity contribution in [2.75, 3.05) is 0 Å². The molecule has 0 N–H and O–H groups in total. The first-order valence-electron chi connectivity index (χ1n) is 23.3. The van der Waals surface area contributed by atoms with E-state index in [9.17, 15) is 0 Å². The zero-order valence-corrected chi connectivity index (χ0v) is 42.0. The summed E-state index contributed by atoms with van der Waals surface area (Å²) in [5, 5.41) is 0. The number of hydrogen-bond donors (Lipinski definition) is 0. The molecule has 6 rings (SSSR count). The van der Waals surface area contributed by atoms with Gasteiger partial charge in [0.25, 0.3) is 0 Å². The first kappa shape index (κ1) is 51.3. The van der Waals surface area contributed by atoms with Gasteiger partial charge in [0.2, 0.25) is 0 Å². The second kappa shape index (κ2) is 23.2. The van der Waals surface area contributed by atoms with Crippen LogP contribution in [0.2, 0.25) is 0 Å². The minimum atomic E-state index is 0. The third kappa shape index (κ3) is 11.9. The maximum Gasteiger partial charge on any atom is 4.00 e. The molecule has 312 valence electrons. The van der Waals surface area contributed by atoms with Gasteiger partial charge in [-0.1, -0.05) is 178 Å². The van der Waals surface area contributed by atoms with Crippen LogP contribution in [-0.2, 0) is 32.6 Å². The average Bonchev–Trinajstić information content (AvgIpc) is 3.78. The summed E-state index contributed by atoms with van der Waals surface area (Å²) in [6.45, 7) is 33.7. The number of halogens is 2. The van der Waals surface area contributed by atoms with E-state index in [1.54, 1.807) is 0 Å². The van der Waals surface area contributed by atoms with Gasteiger partial charge < -0.3 is 24.8 Å². The predicted octanol–water partition coefficient (Wildman–Crippen LogP) is 10.1. The standard InChI is InChI=1S/C47H81.C5H5.2ClH.Zr/c1-14-35-44(40-23-31(10)15-19-36(40)27(2)3)46(42-25-33(12)17-21-38(42)29(6)7)47(43-26-34(13)18-22-39(43)30(8)9)45(35)41-24-32(11)16-20-37(41)28(4)5;1-2-4-5-3-1;;;/h27-34,36-43H,14-26H2,1-13H3;1-5H;2*1H;/q2*-1;;;+4/p-2. The Labute approximate surface area is 374 Å². The quantitative estimate of drug-likeness (QED) is 0.220. The molecule has 4 saturated carbocycles. The van der Waals surface area contributed by atoms with Gasteiger partial charge in [-0.25, -0.2) is 12.1 Å². The minimum Gasteiger partial charge on any atom is -1.00 e. The molecule has 0 aromatic heterocycles. The second-order valence-corrected chi connectivity index (χ2v) is 21.2. The van der Waals surface area contributed by atoms with Crippen molar-refractivity contribution in [1.29, 1.82) is 0 Å². The van der Waals surface area contributed by atoms with E-state index in [1.165, 1.54) is 83.5 Å². The summed E-state index contributed by atoms with van der Waals surface area (Å²) in [6, 6.07) is 10.0. The Bertz CT molecular complexity index is 1230. The monoisotopic (exact) mass is 871 g/mol. The molecule has 3 heteroatoms. The van der Waals surface area contributed by atoms with Crippen molar-refractivity contribution in [2.24, 2.45) is 71.0 Å². The maximum atomic E-state index is 2.62. The third-order valence-electron chi connectivity index (χ3n) is 16.0. The molecule has 0 radical (unpaired) electrons. The van der Waals surface area contributed by atoms with E-state index in [1.807, 2.05) is 58.1 Å². The molecule has 2 aromatic carbocycles. The SMILES string of the molecule is CCc1c(C2CC(C)CCC2C(C)C)c(C2CC(C)CCC2C(C)C)c(C2CC(C)CCC2C(C)C)[c-]1C1CC(C)CCC1C(C)C.[Cl-].[Cl-].[Zr+4].c1cc[cH-]c1. The van der Waals surface area contributed by atoms with Crippen molar-refractivity contribution in [3.05, 3.63) is 58.1 Å². The van der Waals surface area contributed by atoms with Crippen LogP contribution in [0, 0.1) is 71.0 Å². The van der Waals surface area contributed by atoms with E-state index in [4.69, 9.17) is 0 Å². The van der Waals surface area contributed by atoms with Crippen molar-refractivity contribution in [2.45, 2.75) is 197 Å². The van der Waals surface area contributed by atoms with Crippen LogP contribution in [0.1, 0.15) is 219 Å². The fraction of sp³-hybridized carbons (Fsp3) is 0.808. The van der Waals surface area contributed by atoms with Gasteiger partial charge in [-0.05, 0) is 89.8 Å². The van der Waals surface area contributed by atoms with Gasteiger partial charge in [0.15, 0.2) is 0 Å². The molecule has 0 spiro atoms. The molecule has 4 aliphatic carbocycles. The van der Waals surface area contributed by atoms with Gasteiger partial charge in [0.05, 0.1) is 0 Å². The first-order valence-corrected chi connectivity index (χ1v) is 23.3. The zero-order valence-electron chi connectivity index (χ0n) is 38.1. The summed E-state index contributed by atoms with van der Waals surface area (Å²) in [7, 11) is 0. The van der Waals surface area contributed by atoms with Crippen molar-refractivity contribution in [3.63, 3.8) is 0 Å². The first-order chi connectivity index (χ1) is 24.7. The molecule has 0 heterocycles. The molecule has 12 unspecified atom stereocenters. The molecule has 55 heavy (non-hydrogen) atoms.